The first kappa shape index (κ1) is 39.3. The SMILES string of the molecule is Cc1ccc(OCCc2ccc(CN3CCN(C(=O)/C=C/c4cc(C)c(Oc5ccc(OCc6cc(C)cc(F)c6)cn5)c(Cl)c4)CC3)cc2)cc1.Cl. The molecule has 0 spiro atoms. The van der Waals surface area contributed by atoms with Gasteiger partial charge in [-0.05, 0) is 103 Å². The number of halogens is 3. The van der Waals surface area contributed by atoms with Crippen LogP contribution in [0.1, 0.15) is 38.9 Å². The maximum Gasteiger partial charge on any atom is 0.246 e. The zero-order valence-corrected chi connectivity index (χ0v) is 31.8. The molecular weight excluding hydrogens is 712 g/mol. The number of aromatic nitrogens is 1. The van der Waals surface area contributed by atoms with Crippen molar-refractivity contribution < 1.29 is 23.4 Å². The van der Waals surface area contributed by atoms with Crippen LogP contribution in [0.25, 0.3) is 6.08 Å². The molecule has 4 aromatic carbocycles. The molecule has 0 bridgehead atoms. The van der Waals surface area contributed by atoms with Gasteiger partial charge >= 0.3 is 0 Å². The molecule has 276 valence electrons. The average molecular weight is 757 g/mol. The van der Waals surface area contributed by atoms with Gasteiger partial charge in [-0.15, -0.1) is 12.4 Å². The molecule has 5 aromatic rings. The summed E-state index contributed by atoms with van der Waals surface area (Å²) in [5.41, 5.74) is 6.92. The second-order valence-electron chi connectivity index (χ2n) is 13.2. The average Bonchev–Trinajstić information content (AvgIpc) is 3.13. The van der Waals surface area contributed by atoms with E-state index in [1.807, 2.05) is 43.0 Å². The molecule has 0 aliphatic carbocycles. The van der Waals surface area contributed by atoms with E-state index in [1.54, 1.807) is 36.5 Å². The van der Waals surface area contributed by atoms with Gasteiger partial charge in [-0.1, -0.05) is 59.6 Å². The minimum absolute atomic E-state index is 0. The quantitative estimate of drug-likeness (QED) is 0.112. The number of nitrogens with zero attached hydrogens (tertiary/aromatic N) is 3. The highest BCUT2D eigenvalue weighted by molar-refractivity contribution is 6.32. The Balaban J connectivity index is 0.00000541. The fourth-order valence-electron chi connectivity index (χ4n) is 6.05. The first-order valence-corrected chi connectivity index (χ1v) is 17.8. The molecule has 0 atom stereocenters. The molecule has 2 heterocycles. The van der Waals surface area contributed by atoms with Crippen molar-refractivity contribution in [1.82, 2.24) is 14.8 Å². The number of carbonyl (C=O) groups excluding carboxylic acids is 1. The van der Waals surface area contributed by atoms with Crippen LogP contribution in [0.2, 0.25) is 5.02 Å². The molecule has 53 heavy (non-hydrogen) atoms. The second-order valence-corrected chi connectivity index (χ2v) is 13.6. The summed E-state index contributed by atoms with van der Waals surface area (Å²) < 4.78 is 31.3. The van der Waals surface area contributed by atoms with E-state index in [1.165, 1.54) is 28.8 Å². The Morgan fingerprint density at radius 2 is 1.53 bits per heavy atom. The lowest BCUT2D eigenvalue weighted by atomic mass is 10.1. The van der Waals surface area contributed by atoms with Crippen LogP contribution in [0.15, 0.2) is 103 Å². The third-order valence-corrected chi connectivity index (χ3v) is 9.17. The van der Waals surface area contributed by atoms with Crippen LogP contribution in [-0.4, -0.2) is 53.5 Å². The topological polar surface area (TPSA) is 64.1 Å². The molecule has 0 unspecified atom stereocenters. The Labute approximate surface area is 322 Å². The Hall–Kier alpha value is -4.89. The number of amides is 1. The highest BCUT2D eigenvalue weighted by atomic mass is 35.5. The lowest BCUT2D eigenvalue weighted by Gasteiger charge is -2.34. The number of carbonyl (C=O) groups is 1. The van der Waals surface area contributed by atoms with E-state index >= 15 is 0 Å². The molecule has 10 heteroatoms. The number of aryl methyl sites for hydroxylation is 3. The molecule has 1 amide bonds. The van der Waals surface area contributed by atoms with Gasteiger partial charge in [0.05, 0.1) is 17.8 Å². The van der Waals surface area contributed by atoms with Crippen molar-refractivity contribution >= 4 is 36.0 Å². The van der Waals surface area contributed by atoms with Gasteiger partial charge < -0.3 is 19.1 Å². The maximum absolute atomic E-state index is 13.7. The van der Waals surface area contributed by atoms with Gasteiger partial charge in [-0.25, -0.2) is 9.37 Å². The van der Waals surface area contributed by atoms with Crippen LogP contribution < -0.4 is 14.2 Å². The number of ether oxygens (including phenoxy) is 3. The summed E-state index contributed by atoms with van der Waals surface area (Å²) in [6.07, 6.45) is 5.80. The Morgan fingerprint density at radius 3 is 2.21 bits per heavy atom. The van der Waals surface area contributed by atoms with E-state index in [0.29, 0.717) is 42.1 Å². The zero-order chi connectivity index (χ0) is 36.5. The minimum atomic E-state index is -0.291. The molecule has 1 aliphatic rings. The third kappa shape index (κ3) is 11.5. The first-order valence-electron chi connectivity index (χ1n) is 17.5. The summed E-state index contributed by atoms with van der Waals surface area (Å²) in [5, 5.41) is 0.410. The molecule has 1 saturated heterocycles. The van der Waals surface area contributed by atoms with Crippen LogP contribution in [0.5, 0.6) is 23.1 Å². The predicted octanol–water partition coefficient (Wildman–Crippen LogP) is 9.57. The number of rotatable bonds is 13. The van der Waals surface area contributed by atoms with Crippen molar-refractivity contribution in [2.45, 2.75) is 40.3 Å². The van der Waals surface area contributed by atoms with Gasteiger partial charge in [0, 0.05) is 51.3 Å². The minimum Gasteiger partial charge on any atom is -0.493 e. The van der Waals surface area contributed by atoms with E-state index in [4.69, 9.17) is 25.8 Å². The number of hydrogen-bond acceptors (Lipinski definition) is 6. The van der Waals surface area contributed by atoms with Gasteiger partial charge in [0.25, 0.3) is 0 Å². The van der Waals surface area contributed by atoms with Crippen molar-refractivity contribution in [2.24, 2.45) is 0 Å². The number of benzene rings is 4. The van der Waals surface area contributed by atoms with E-state index in [2.05, 4.69) is 53.2 Å². The normalized spacial score (nSPS) is 13.1. The second kappa shape index (κ2) is 18.7. The third-order valence-electron chi connectivity index (χ3n) is 8.89. The van der Waals surface area contributed by atoms with Gasteiger partial charge in [-0.2, -0.15) is 0 Å². The van der Waals surface area contributed by atoms with Gasteiger partial charge in [0.2, 0.25) is 11.8 Å². The Morgan fingerprint density at radius 1 is 0.811 bits per heavy atom. The summed E-state index contributed by atoms with van der Waals surface area (Å²) in [7, 11) is 0. The van der Waals surface area contributed by atoms with Gasteiger partial charge in [-0.3, -0.25) is 9.69 Å². The lowest BCUT2D eigenvalue weighted by Crippen LogP contribution is -2.47. The summed E-state index contributed by atoms with van der Waals surface area (Å²) >= 11 is 6.62. The summed E-state index contributed by atoms with van der Waals surface area (Å²) in [4.78, 5) is 21.6. The molecule has 1 aromatic heterocycles. The molecule has 0 saturated carbocycles. The highest BCUT2D eigenvalue weighted by Gasteiger charge is 2.20. The summed E-state index contributed by atoms with van der Waals surface area (Å²) in [6.45, 7) is 10.5. The van der Waals surface area contributed by atoms with Crippen LogP contribution >= 0.6 is 24.0 Å². The summed E-state index contributed by atoms with van der Waals surface area (Å²) in [5.74, 6) is 1.96. The van der Waals surface area contributed by atoms with E-state index < -0.39 is 0 Å². The molecule has 0 N–H and O–H groups in total. The van der Waals surface area contributed by atoms with Gasteiger partial charge in [0.1, 0.15) is 23.9 Å². The van der Waals surface area contributed by atoms with Crippen molar-refractivity contribution in [3.63, 3.8) is 0 Å². The van der Waals surface area contributed by atoms with Gasteiger partial charge in [0.15, 0.2) is 5.75 Å². The molecule has 6 rings (SSSR count). The molecule has 1 aliphatic heterocycles. The van der Waals surface area contributed by atoms with Crippen molar-refractivity contribution in [3.05, 3.63) is 153 Å². The smallest absolute Gasteiger partial charge is 0.246 e. The Bertz CT molecular complexity index is 1950. The zero-order valence-electron chi connectivity index (χ0n) is 30.2. The lowest BCUT2D eigenvalue weighted by molar-refractivity contribution is -0.127. The van der Waals surface area contributed by atoms with Crippen LogP contribution in [0.3, 0.4) is 0 Å². The van der Waals surface area contributed by atoms with Crippen LogP contribution in [0.4, 0.5) is 4.39 Å². The molecule has 0 radical (unpaired) electrons. The van der Waals surface area contributed by atoms with Crippen molar-refractivity contribution in [1.29, 1.82) is 0 Å². The molecule has 1 fully saturated rings. The Kier molecular flexibility index (Phi) is 13.9. The number of piperazine rings is 1. The van der Waals surface area contributed by atoms with Crippen LogP contribution in [0, 0.1) is 26.6 Å². The highest BCUT2D eigenvalue weighted by Crippen LogP contribution is 2.34. The molecular formula is C43H44Cl2FN3O4. The summed E-state index contributed by atoms with van der Waals surface area (Å²) in [6, 6.07) is 28.8. The fraction of sp³-hybridized carbons (Fsp3) is 0.256. The standard InChI is InChI=1S/C43H43ClFN3O4.ClH/c1-30-4-11-38(12-5-30)50-21-16-33-6-8-34(9-7-33)28-47-17-19-48(20-18-47)42(49)15-10-35-24-32(3)43(40(44)26-35)52-41-14-13-39(27-46-41)51-29-36-22-31(2)23-37(45)25-36;/h4-15,22-27H,16-21,28-29H2,1-3H3;1H/b15-10+;. The monoisotopic (exact) mass is 755 g/mol. The van der Waals surface area contributed by atoms with E-state index in [-0.39, 0.29) is 30.7 Å². The van der Waals surface area contributed by atoms with E-state index in [0.717, 1.165) is 54.1 Å². The maximum atomic E-state index is 13.7. The van der Waals surface area contributed by atoms with E-state index in [9.17, 15) is 9.18 Å². The number of pyridine rings is 1. The predicted molar refractivity (Wildman–Crippen MR) is 211 cm³/mol. The fourth-order valence-corrected chi connectivity index (χ4v) is 6.37. The van der Waals surface area contributed by atoms with Crippen molar-refractivity contribution in [3.8, 4) is 23.1 Å². The first-order chi connectivity index (χ1) is 25.2. The number of hydrogen-bond donors (Lipinski definition) is 0. The van der Waals surface area contributed by atoms with Crippen molar-refractivity contribution in [2.75, 3.05) is 32.8 Å². The molecule has 7 nitrogen and oxygen atoms in total. The van der Waals surface area contributed by atoms with Crippen LogP contribution in [-0.2, 0) is 24.4 Å². The largest absolute Gasteiger partial charge is 0.493 e.